The molecule has 2 aromatic rings. The summed E-state index contributed by atoms with van der Waals surface area (Å²) in [6, 6.07) is 7.66. The monoisotopic (exact) mass is 408 g/mol. The highest BCUT2D eigenvalue weighted by atomic mass is 32.2. The summed E-state index contributed by atoms with van der Waals surface area (Å²) in [5.41, 5.74) is 2.39. The maximum atomic E-state index is 12.9. The molecule has 28 heavy (non-hydrogen) atoms. The van der Waals surface area contributed by atoms with E-state index in [1.165, 1.54) is 34.8 Å². The number of hydrogen-bond donors (Lipinski definition) is 3. The predicted molar refractivity (Wildman–Crippen MR) is 104 cm³/mol. The average Bonchev–Trinajstić information content (AvgIpc) is 2.65. The van der Waals surface area contributed by atoms with Crippen molar-refractivity contribution in [2.75, 3.05) is 18.5 Å². The Morgan fingerprint density at radius 3 is 2.50 bits per heavy atom. The van der Waals surface area contributed by atoms with Gasteiger partial charge in [-0.15, -0.1) is 0 Å². The van der Waals surface area contributed by atoms with E-state index in [4.69, 9.17) is 0 Å². The van der Waals surface area contributed by atoms with E-state index >= 15 is 0 Å². The van der Waals surface area contributed by atoms with Gasteiger partial charge >= 0.3 is 0 Å². The van der Waals surface area contributed by atoms with Crippen LogP contribution in [0.5, 0.6) is 11.5 Å². The highest BCUT2D eigenvalue weighted by Crippen LogP contribution is 2.30. The van der Waals surface area contributed by atoms with Crippen LogP contribution in [0.15, 0.2) is 46.4 Å². The largest absolute Gasteiger partial charge is 0.504 e. The SMILES string of the molecule is CCN(CC)S(=O)(=O)c1cc([N+](=O)[O-])ccc1NN=Cc1cccc(O)c1O. The van der Waals surface area contributed by atoms with Crippen LogP contribution in [0.25, 0.3) is 0 Å². The Morgan fingerprint density at radius 2 is 1.89 bits per heavy atom. The number of nitro groups is 1. The first-order valence-corrected chi connectivity index (χ1v) is 9.75. The molecule has 0 fully saturated rings. The maximum absolute atomic E-state index is 12.9. The number of anilines is 1. The van der Waals surface area contributed by atoms with Crippen molar-refractivity contribution >= 4 is 27.6 Å². The first-order chi connectivity index (χ1) is 13.2. The van der Waals surface area contributed by atoms with E-state index in [1.54, 1.807) is 13.8 Å². The number of aromatic hydroxyl groups is 2. The molecule has 0 aromatic heterocycles. The van der Waals surface area contributed by atoms with Gasteiger partial charge in [0.15, 0.2) is 11.5 Å². The van der Waals surface area contributed by atoms with Crippen LogP contribution in [0.4, 0.5) is 11.4 Å². The standard InChI is InChI=1S/C17H20N4O6S/c1-3-20(4-2)28(26,27)16-10-13(21(24)25)8-9-14(16)19-18-11-12-6-5-7-15(22)17(12)23/h5-11,19,22-23H,3-4H2,1-2H3. The van der Waals surface area contributed by atoms with Crippen molar-refractivity contribution < 1.29 is 23.6 Å². The molecule has 0 radical (unpaired) electrons. The highest BCUT2D eigenvalue weighted by molar-refractivity contribution is 7.89. The van der Waals surface area contributed by atoms with Crippen molar-refractivity contribution in [1.82, 2.24) is 4.31 Å². The lowest BCUT2D eigenvalue weighted by molar-refractivity contribution is -0.385. The second kappa shape index (κ2) is 8.67. The summed E-state index contributed by atoms with van der Waals surface area (Å²) in [5, 5.41) is 34.2. The number of sulfonamides is 1. The van der Waals surface area contributed by atoms with Crippen molar-refractivity contribution in [2.24, 2.45) is 5.10 Å². The van der Waals surface area contributed by atoms with E-state index in [-0.39, 0.29) is 46.4 Å². The van der Waals surface area contributed by atoms with Crippen molar-refractivity contribution in [3.63, 3.8) is 0 Å². The average molecular weight is 408 g/mol. The Labute approximate surface area is 161 Å². The topological polar surface area (TPSA) is 145 Å². The number of hydrazone groups is 1. The summed E-state index contributed by atoms with van der Waals surface area (Å²) in [6.07, 6.45) is 1.18. The van der Waals surface area contributed by atoms with Gasteiger partial charge in [0.1, 0.15) is 4.90 Å². The number of nitrogens with zero attached hydrogens (tertiary/aromatic N) is 3. The zero-order chi connectivity index (χ0) is 20.9. The van der Waals surface area contributed by atoms with Gasteiger partial charge in [-0.1, -0.05) is 19.9 Å². The van der Waals surface area contributed by atoms with Crippen LogP contribution in [0.3, 0.4) is 0 Å². The molecule has 0 saturated carbocycles. The van der Waals surface area contributed by atoms with Gasteiger partial charge in [0.05, 0.1) is 16.8 Å². The molecule has 2 rings (SSSR count). The third-order valence-electron chi connectivity index (χ3n) is 3.93. The van der Waals surface area contributed by atoms with E-state index in [9.17, 15) is 28.7 Å². The Hall–Kier alpha value is -3.18. The fourth-order valence-electron chi connectivity index (χ4n) is 2.46. The summed E-state index contributed by atoms with van der Waals surface area (Å²) in [5.74, 6) is -0.711. The number of phenolic OH excluding ortho intramolecular Hbond substituents is 2. The predicted octanol–water partition coefficient (Wildman–Crippen LogP) is 2.48. The van der Waals surface area contributed by atoms with Gasteiger partial charge in [-0.25, -0.2) is 8.42 Å². The van der Waals surface area contributed by atoms with Gasteiger partial charge in [-0.05, 0) is 18.2 Å². The third kappa shape index (κ3) is 4.38. The summed E-state index contributed by atoms with van der Waals surface area (Å²) < 4.78 is 26.9. The van der Waals surface area contributed by atoms with E-state index < -0.39 is 14.9 Å². The number of non-ortho nitro benzene ring substituents is 1. The van der Waals surface area contributed by atoms with Crippen molar-refractivity contribution in [1.29, 1.82) is 0 Å². The van der Waals surface area contributed by atoms with Crippen LogP contribution >= 0.6 is 0 Å². The van der Waals surface area contributed by atoms with Crippen molar-refractivity contribution in [3.8, 4) is 11.5 Å². The molecule has 3 N–H and O–H groups in total. The van der Waals surface area contributed by atoms with Crippen LogP contribution in [0.1, 0.15) is 19.4 Å². The Kier molecular flexibility index (Phi) is 6.54. The number of phenols is 2. The molecule has 0 aliphatic carbocycles. The molecular weight excluding hydrogens is 388 g/mol. The molecule has 0 heterocycles. The fraction of sp³-hybridized carbons (Fsp3) is 0.235. The summed E-state index contributed by atoms with van der Waals surface area (Å²) in [4.78, 5) is 10.1. The third-order valence-corrected chi connectivity index (χ3v) is 6.02. The normalized spacial score (nSPS) is 11.8. The van der Waals surface area contributed by atoms with Gasteiger partial charge in [-0.3, -0.25) is 15.5 Å². The Morgan fingerprint density at radius 1 is 1.21 bits per heavy atom. The van der Waals surface area contributed by atoms with Gasteiger partial charge in [0, 0.05) is 30.8 Å². The number of nitro benzene ring substituents is 1. The molecule has 0 unspecified atom stereocenters. The number of hydrogen-bond acceptors (Lipinski definition) is 8. The lowest BCUT2D eigenvalue weighted by atomic mass is 10.2. The minimum absolute atomic E-state index is 0.0355. The van der Waals surface area contributed by atoms with Crippen LogP contribution in [0.2, 0.25) is 0 Å². The molecule has 10 nitrogen and oxygen atoms in total. The van der Waals surface area contributed by atoms with Crippen LogP contribution in [0, 0.1) is 10.1 Å². The van der Waals surface area contributed by atoms with E-state index in [0.717, 1.165) is 12.1 Å². The molecule has 0 atom stereocenters. The van der Waals surface area contributed by atoms with E-state index in [1.807, 2.05) is 0 Å². The molecule has 0 bridgehead atoms. The minimum atomic E-state index is -3.99. The Balaban J connectivity index is 2.45. The van der Waals surface area contributed by atoms with Crippen molar-refractivity contribution in [2.45, 2.75) is 18.7 Å². The molecule has 2 aromatic carbocycles. The molecule has 0 aliphatic heterocycles. The van der Waals surface area contributed by atoms with Crippen LogP contribution in [-0.4, -0.2) is 47.2 Å². The van der Waals surface area contributed by atoms with Gasteiger partial charge < -0.3 is 10.2 Å². The van der Waals surface area contributed by atoms with Crippen LogP contribution in [-0.2, 0) is 10.0 Å². The number of benzene rings is 2. The highest BCUT2D eigenvalue weighted by Gasteiger charge is 2.27. The second-order valence-corrected chi connectivity index (χ2v) is 7.52. The first-order valence-electron chi connectivity index (χ1n) is 8.31. The van der Waals surface area contributed by atoms with Gasteiger partial charge in [0.25, 0.3) is 5.69 Å². The molecule has 0 aliphatic rings. The summed E-state index contributed by atoms with van der Waals surface area (Å²) >= 11 is 0. The minimum Gasteiger partial charge on any atom is -0.504 e. The van der Waals surface area contributed by atoms with Gasteiger partial charge in [0.2, 0.25) is 10.0 Å². The quantitative estimate of drug-likeness (QED) is 0.263. The molecule has 0 saturated heterocycles. The maximum Gasteiger partial charge on any atom is 0.270 e. The van der Waals surface area contributed by atoms with Gasteiger partial charge in [-0.2, -0.15) is 9.41 Å². The van der Waals surface area contributed by atoms with E-state index in [0.29, 0.717) is 0 Å². The Bertz CT molecular complexity index is 1000. The number of para-hydroxylation sites is 1. The molecule has 0 amide bonds. The molecule has 11 heteroatoms. The lowest BCUT2D eigenvalue weighted by Gasteiger charge is -2.20. The number of nitrogens with one attached hydrogen (secondary N) is 1. The summed E-state index contributed by atoms with van der Waals surface area (Å²) in [7, 11) is -3.99. The fourth-order valence-corrected chi connectivity index (χ4v) is 4.08. The zero-order valence-corrected chi connectivity index (χ0v) is 16.0. The lowest BCUT2D eigenvalue weighted by Crippen LogP contribution is -2.31. The molecule has 0 spiro atoms. The molecule has 150 valence electrons. The number of rotatable bonds is 8. The first kappa shape index (κ1) is 21.1. The summed E-state index contributed by atoms with van der Waals surface area (Å²) in [6.45, 7) is 3.71. The zero-order valence-electron chi connectivity index (χ0n) is 15.2. The van der Waals surface area contributed by atoms with Crippen molar-refractivity contribution in [3.05, 3.63) is 52.1 Å². The second-order valence-electron chi connectivity index (χ2n) is 5.61. The van der Waals surface area contributed by atoms with E-state index in [2.05, 4.69) is 10.5 Å². The smallest absolute Gasteiger partial charge is 0.270 e. The molecular formula is C17H20N4O6S. The van der Waals surface area contributed by atoms with Crippen LogP contribution < -0.4 is 5.43 Å².